The van der Waals surface area contributed by atoms with Gasteiger partial charge in [-0.3, -0.25) is 0 Å². The Hall–Kier alpha value is -1.38. The van der Waals surface area contributed by atoms with Gasteiger partial charge in [-0.15, -0.1) is 0 Å². The van der Waals surface area contributed by atoms with Gasteiger partial charge in [-0.05, 0) is 41.3 Å². The molecule has 18 heavy (non-hydrogen) atoms. The number of rotatable bonds is 1. The first-order valence-corrected chi connectivity index (χ1v) is 6.26. The fourth-order valence-corrected chi connectivity index (χ4v) is 2.86. The van der Waals surface area contributed by atoms with E-state index in [4.69, 9.17) is 11.6 Å². The Balaban J connectivity index is 2.13. The fourth-order valence-electron chi connectivity index (χ4n) is 2.68. The van der Waals surface area contributed by atoms with Crippen LogP contribution in [0.25, 0.3) is 0 Å². The molecule has 2 atom stereocenters. The Kier molecular flexibility index (Phi) is 2.84. The molecule has 0 unspecified atom stereocenters. The molecule has 0 heterocycles. The lowest BCUT2D eigenvalue weighted by atomic mass is 9.92. The molecule has 0 saturated carbocycles. The second kappa shape index (κ2) is 4.38. The minimum absolute atomic E-state index is 0.116. The van der Waals surface area contributed by atoms with Gasteiger partial charge in [0.05, 0.1) is 6.10 Å². The highest BCUT2D eigenvalue weighted by Gasteiger charge is 2.32. The molecule has 3 rings (SSSR count). The van der Waals surface area contributed by atoms with E-state index in [1.807, 2.05) is 18.2 Å². The van der Waals surface area contributed by atoms with Gasteiger partial charge in [0, 0.05) is 10.9 Å². The van der Waals surface area contributed by atoms with Crippen molar-refractivity contribution in [1.29, 1.82) is 0 Å². The SMILES string of the molecule is O[C@@H]1C[C@@H](c2ccccc2F)c2cc(Cl)ccc21. The van der Waals surface area contributed by atoms with Crippen LogP contribution in [0.4, 0.5) is 4.39 Å². The van der Waals surface area contributed by atoms with Crippen molar-refractivity contribution in [2.45, 2.75) is 18.4 Å². The molecule has 0 radical (unpaired) electrons. The molecule has 1 aliphatic rings. The van der Waals surface area contributed by atoms with Gasteiger partial charge >= 0.3 is 0 Å². The summed E-state index contributed by atoms with van der Waals surface area (Å²) in [5.74, 6) is -0.350. The average Bonchev–Trinajstić information content (AvgIpc) is 2.67. The second-order valence-electron chi connectivity index (χ2n) is 4.60. The standard InChI is InChI=1S/C15H12ClFO/c16-9-5-6-11-12(7-9)13(8-15(11)18)10-3-1-2-4-14(10)17/h1-7,13,15,18H,8H2/t13-,15+/m0/s1. The minimum atomic E-state index is -0.540. The summed E-state index contributed by atoms with van der Waals surface area (Å²) >= 11 is 5.99. The first-order chi connectivity index (χ1) is 8.66. The zero-order chi connectivity index (χ0) is 12.7. The Morgan fingerprint density at radius 1 is 1.06 bits per heavy atom. The van der Waals surface area contributed by atoms with Gasteiger partial charge < -0.3 is 5.11 Å². The van der Waals surface area contributed by atoms with Crippen LogP contribution >= 0.6 is 11.6 Å². The lowest BCUT2D eigenvalue weighted by Gasteiger charge is -2.12. The summed E-state index contributed by atoms with van der Waals surface area (Å²) in [5.41, 5.74) is 2.41. The molecule has 92 valence electrons. The molecule has 0 bridgehead atoms. The van der Waals surface area contributed by atoms with Gasteiger partial charge in [-0.2, -0.15) is 0 Å². The van der Waals surface area contributed by atoms with Crippen molar-refractivity contribution in [3.05, 3.63) is 70.0 Å². The van der Waals surface area contributed by atoms with Crippen LogP contribution in [0.15, 0.2) is 42.5 Å². The summed E-state index contributed by atoms with van der Waals surface area (Å²) in [5, 5.41) is 10.6. The quantitative estimate of drug-likeness (QED) is 0.822. The molecule has 1 N–H and O–H groups in total. The largest absolute Gasteiger partial charge is 0.388 e. The predicted octanol–water partition coefficient (Wildman–Crippen LogP) is 4.05. The van der Waals surface area contributed by atoms with Gasteiger partial charge in [-0.1, -0.05) is 35.9 Å². The van der Waals surface area contributed by atoms with Crippen LogP contribution in [0.2, 0.25) is 5.02 Å². The number of aliphatic hydroxyl groups excluding tert-OH is 1. The Morgan fingerprint density at radius 2 is 1.83 bits per heavy atom. The van der Waals surface area contributed by atoms with Crippen molar-refractivity contribution in [3.63, 3.8) is 0 Å². The minimum Gasteiger partial charge on any atom is -0.388 e. The van der Waals surface area contributed by atoms with Crippen molar-refractivity contribution in [1.82, 2.24) is 0 Å². The summed E-state index contributed by atoms with van der Waals surface area (Å²) in [6.07, 6.45) is -0.0294. The van der Waals surface area contributed by atoms with Crippen molar-refractivity contribution in [2.75, 3.05) is 0 Å². The van der Waals surface area contributed by atoms with Crippen LogP contribution in [-0.2, 0) is 0 Å². The highest BCUT2D eigenvalue weighted by Crippen LogP contribution is 2.45. The van der Waals surface area contributed by atoms with Crippen LogP contribution in [0.3, 0.4) is 0 Å². The van der Waals surface area contributed by atoms with Crippen LogP contribution in [-0.4, -0.2) is 5.11 Å². The van der Waals surface area contributed by atoms with Crippen molar-refractivity contribution in [3.8, 4) is 0 Å². The molecule has 0 spiro atoms. The van der Waals surface area contributed by atoms with Crippen molar-refractivity contribution >= 4 is 11.6 Å². The van der Waals surface area contributed by atoms with E-state index in [0.717, 1.165) is 11.1 Å². The fraction of sp³-hybridized carbons (Fsp3) is 0.200. The zero-order valence-electron chi connectivity index (χ0n) is 9.61. The molecule has 1 nitrogen and oxygen atoms in total. The normalized spacial score (nSPS) is 21.9. The number of hydrogen-bond donors (Lipinski definition) is 1. The van der Waals surface area contributed by atoms with Crippen LogP contribution in [0.1, 0.15) is 35.1 Å². The summed E-state index contributed by atoms with van der Waals surface area (Å²) in [6.45, 7) is 0. The van der Waals surface area contributed by atoms with Gasteiger partial charge in [0.25, 0.3) is 0 Å². The van der Waals surface area contributed by atoms with E-state index in [2.05, 4.69) is 0 Å². The molecular formula is C15H12ClFO. The lowest BCUT2D eigenvalue weighted by Crippen LogP contribution is -1.99. The van der Waals surface area contributed by atoms with Gasteiger partial charge in [0.1, 0.15) is 5.82 Å². The zero-order valence-corrected chi connectivity index (χ0v) is 10.4. The topological polar surface area (TPSA) is 20.2 Å². The monoisotopic (exact) mass is 262 g/mol. The first-order valence-electron chi connectivity index (χ1n) is 5.88. The maximum absolute atomic E-state index is 13.8. The van der Waals surface area contributed by atoms with E-state index in [-0.39, 0.29) is 11.7 Å². The lowest BCUT2D eigenvalue weighted by molar-refractivity contribution is 0.176. The molecule has 2 aromatic rings. The van der Waals surface area contributed by atoms with E-state index >= 15 is 0 Å². The van der Waals surface area contributed by atoms with Gasteiger partial charge in [-0.25, -0.2) is 4.39 Å². The maximum atomic E-state index is 13.8. The van der Waals surface area contributed by atoms with E-state index in [0.29, 0.717) is 17.0 Å². The van der Waals surface area contributed by atoms with Gasteiger partial charge in [0.2, 0.25) is 0 Å². The van der Waals surface area contributed by atoms with Crippen LogP contribution < -0.4 is 0 Å². The molecule has 0 fully saturated rings. The van der Waals surface area contributed by atoms with Crippen LogP contribution in [0.5, 0.6) is 0 Å². The van der Waals surface area contributed by atoms with E-state index in [9.17, 15) is 9.50 Å². The van der Waals surface area contributed by atoms with E-state index in [1.165, 1.54) is 6.07 Å². The third kappa shape index (κ3) is 1.82. The summed E-state index contributed by atoms with van der Waals surface area (Å²) in [7, 11) is 0. The number of aliphatic hydroxyl groups is 1. The molecule has 0 aliphatic heterocycles. The molecule has 3 heteroatoms. The number of benzene rings is 2. The third-order valence-electron chi connectivity index (χ3n) is 3.52. The summed E-state index contributed by atoms with van der Waals surface area (Å²) in [6, 6.07) is 12.1. The summed E-state index contributed by atoms with van der Waals surface area (Å²) < 4.78 is 13.8. The Morgan fingerprint density at radius 3 is 2.61 bits per heavy atom. The molecule has 0 saturated heterocycles. The molecule has 2 aromatic carbocycles. The smallest absolute Gasteiger partial charge is 0.127 e. The molecule has 1 aliphatic carbocycles. The molecule has 0 amide bonds. The number of hydrogen-bond acceptors (Lipinski definition) is 1. The first kappa shape index (κ1) is 11.7. The Labute approximate surface area is 110 Å². The number of halogens is 2. The van der Waals surface area contributed by atoms with Gasteiger partial charge in [0.15, 0.2) is 0 Å². The molecular weight excluding hydrogens is 251 g/mol. The van der Waals surface area contributed by atoms with Crippen molar-refractivity contribution < 1.29 is 9.50 Å². The van der Waals surface area contributed by atoms with E-state index < -0.39 is 6.10 Å². The molecule has 0 aromatic heterocycles. The van der Waals surface area contributed by atoms with E-state index in [1.54, 1.807) is 18.2 Å². The third-order valence-corrected chi connectivity index (χ3v) is 3.76. The van der Waals surface area contributed by atoms with Crippen LogP contribution in [0, 0.1) is 5.82 Å². The predicted molar refractivity (Wildman–Crippen MR) is 69.3 cm³/mol. The highest BCUT2D eigenvalue weighted by molar-refractivity contribution is 6.30. The van der Waals surface area contributed by atoms with Crippen molar-refractivity contribution in [2.24, 2.45) is 0 Å². The Bertz CT molecular complexity index is 597. The highest BCUT2D eigenvalue weighted by atomic mass is 35.5. The maximum Gasteiger partial charge on any atom is 0.127 e. The summed E-state index contributed by atoms with van der Waals surface area (Å²) in [4.78, 5) is 0. The second-order valence-corrected chi connectivity index (χ2v) is 5.04. The average molecular weight is 263 g/mol. The number of fused-ring (bicyclic) bond motifs is 1.